The van der Waals surface area contributed by atoms with E-state index >= 15 is 0 Å². The number of carbonyl (C=O) groups excluding carboxylic acids is 2. The molecule has 0 saturated carbocycles. The second-order valence-electron chi connectivity index (χ2n) is 16.0. The van der Waals surface area contributed by atoms with Gasteiger partial charge in [0.15, 0.2) is 12.1 Å². The molecule has 2 atom stereocenters. The third kappa shape index (κ3) is 36.7. The summed E-state index contributed by atoms with van der Waals surface area (Å²) < 4.78 is 17.2. The SMILES string of the molecule is CC/C=C/C=C/C=C/C=C/CCCCCC(=O)OCC(COCCC(C(=O)O)[N+](C)(C)C)OC(=O)CCCCCCCCCCCCCCCCCCCC. The number of allylic oxidation sites excluding steroid dienone is 8. The molecule has 0 radical (unpaired) electrons. The van der Waals surface area contributed by atoms with Gasteiger partial charge in [0.1, 0.15) is 6.61 Å². The van der Waals surface area contributed by atoms with Crippen molar-refractivity contribution in [3.05, 3.63) is 48.6 Å². The van der Waals surface area contributed by atoms with Gasteiger partial charge in [-0.05, 0) is 32.1 Å². The molecule has 0 aromatic heterocycles. The molecule has 0 aromatic carbocycles. The van der Waals surface area contributed by atoms with Crippen LogP contribution in [0.15, 0.2) is 48.6 Å². The van der Waals surface area contributed by atoms with E-state index in [0.717, 1.165) is 51.4 Å². The number of hydrogen-bond acceptors (Lipinski definition) is 6. The van der Waals surface area contributed by atoms with Crippen molar-refractivity contribution in [3.8, 4) is 0 Å². The summed E-state index contributed by atoms with van der Waals surface area (Å²) in [5, 5.41) is 9.61. The second kappa shape index (κ2) is 38.2. The molecular weight excluding hydrogens is 691 g/mol. The lowest BCUT2D eigenvalue weighted by molar-refractivity contribution is -0.887. The monoisotopic (exact) mass is 775 g/mol. The molecule has 0 amide bonds. The molecule has 1 N–H and O–H groups in total. The lowest BCUT2D eigenvalue weighted by Crippen LogP contribution is -2.50. The van der Waals surface area contributed by atoms with E-state index in [1.807, 2.05) is 57.6 Å². The van der Waals surface area contributed by atoms with Gasteiger partial charge in [0.2, 0.25) is 0 Å². The van der Waals surface area contributed by atoms with Crippen molar-refractivity contribution < 1.29 is 38.2 Å². The van der Waals surface area contributed by atoms with Crippen LogP contribution in [0, 0.1) is 0 Å². The Labute approximate surface area is 337 Å². The average molecular weight is 775 g/mol. The van der Waals surface area contributed by atoms with Gasteiger partial charge >= 0.3 is 17.9 Å². The van der Waals surface area contributed by atoms with Gasteiger partial charge in [0.25, 0.3) is 0 Å². The van der Waals surface area contributed by atoms with Gasteiger partial charge in [-0.1, -0.05) is 178 Å². The summed E-state index contributed by atoms with van der Waals surface area (Å²) in [4.78, 5) is 36.9. The number of nitrogens with zero attached hydrogens (tertiary/aromatic N) is 1. The first-order chi connectivity index (χ1) is 26.6. The number of unbranched alkanes of at least 4 members (excludes halogenated alkanes) is 20. The van der Waals surface area contributed by atoms with Gasteiger partial charge in [0, 0.05) is 19.3 Å². The highest BCUT2D eigenvalue weighted by Crippen LogP contribution is 2.15. The zero-order chi connectivity index (χ0) is 40.7. The summed E-state index contributed by atoms with van der Waals surface area (Å²) in [6.07, 6.45) is 44.4. The Kier molecular flexibility index (Phi) is 36.3. The minimum atomic E-state index is -0.881. The smallest absolute Gasteiger partial charge is 0.362 e. The molecule has 0 heterocycles. The molecule has 2 unspecified atom stereocenters. The minimum Gasteiger partial charge on any atom is -0.477 e. The van der Waals surface area contributed by atoms with Gasteiger partial charge in [-0.15, -0.1) is 0 Å². The van der Waals surface area contributed by atoms with E-state index in [1.165, 1.54) is 96.3 Å². The van der Waals surface area contributed by atoms with Crippen molar-refractivity contribution in [2.45, 2.75) is 193 Å². The summed E-state index contributed by atoms with van der Waals surface area (Å²) in [7, 11) is 5.51. The third-order valence-corrected chi connectivity index (χ3v) is 9.84. The van der Waals surface area contributed by atoms with Gasteiger partial charge in [-0.25, -0.2) is 4.79 Å². The molecule has 0 saturated heterocycles. The van der Waals surface area contributed by atoms with E-state index in [0.29, 0.717) is 19.3 Å². The highest BCUT2D eigenvalue weighted by Gasteiger charge is 2.31. The fourth-order valence-electron chi connectivity index (χ4n) is 6.40. The zero-order valence-electron chi connectivity index (χ0n) is 36.1. The standard InChI is InChI=1S/C47H83NO7/c1-6-8-10-12-14-16-18-20-21-22-23-24-26-28-30-32-34-36-38-46(50)55-43(41-53-40-39-44(47(51)52)48(3,4)5)42-54-45(49)37-35-33-31-29-27-25-19-17-15-13-11-9-7-2/h9,11,13,15,17,19,25,27,43-44H,6-8,10,12,14,16,18,20-24,26,28-42H2,1-5H3/p+1/b11-9+,15-13+,19-17+,27-25+. The Bertz CT molecular complexity index is 1040. The van der Waals surface area contributed by atoms with Crippen molar-refractivity contribution in [2.24, 2.45) is 0 Å². The van der Waals surface area contributed by atoms with Crippen LogP contribution in [0.3, 0.4) is 0 Å². The van der Waals surface area contributed by atoms with Crippen LogP contribution in [-0.2, 0) is 28.6 Å². The molecule has 55 heavy (non-hydrogen) atoms. The number of carboxylic acid groups (broad SMARTS) is 1. The van der Waals surface area contributed by atoms with Crippen molar-refractivity contribution in [2.75, 3.05) is 41.0 Å². The first-order valence-corrected chi connectivity index (χ1v) is 22.2. The van der Waals surface area contributed by atoms with E-state index in [1.54, 1.807) is 0 Å². The van der Waals surface area contributed by atoms with Gasteiger partial charge in [-0.2, -0.15) is 0 Å². The molecule has 0 aromatic rings. The normalized spacial score (nSPS) is 13.4. The maximum Gasteiger partial charge on any atom is 0.362 e. The van der Waals surface area contributed by atoms with Crippen LogP contribution in [0.2, 0.25) is 0 Å². The van der Waals surface area contributed by atoms with Crippen LogP contribution < -0.4 is 0 Å². The predicted molar refractivity (Wildman–Crippen MR) is 229 cm³/mol. The van der Waals surface area contributed by atoms with Gasteiger partial charge < -0.3 is 23.8 Å². The Hall–Kier alpha value is -2.71. The van der Waals surface area contributed by atoms with E-state index < -0.39 is 18.1 Å². The van der Waals surface area contributed by atoms with Crippen molar-refractivity contribution in [1.82, 2.24) is 0 Å². The topological polar surface area (TPSA) is 99.1 Å². The number of aliphatic carboxylic acids is 1. The number of esters is 2. The zero-order valence-corrected chi connectivity index (χ0v) is 36.1. The van der Waals surface area contributed by atoms with Crippen LogP contribution in [-0.4, -0.2) is 80.6 Å². The van der Waals surface area contributed by atoms with Crippen molar-refractivity contribution in [3.63, 3.8) is 0 Å². The Morgan fingerprint density at radius 3 is 1.51 bits per heavy atom. The molecule has 0 bridgehead atoms. The number of carbonyl (C=O) groups is 3. The fraction of sp³-hybridized carbons (Fsp3) is 0.766. The number of quaternary nitrogens is 1. The first-order valence-electron chi connectivity index (χ1n) is 22.2. The van der Waals surface area contributed by atoms with E-state index in [-0.39, 0.29) is 36.2 Å². The van der Waals surface area contributed by atoms with Crippen molar-refractivity contribution >= 4 is 17.9 Å². The molecule has 0 aliphatic carbocycles. The number of hydrogen-bond donors (Lipinski definition) is 1. The molecular formula is C47H84NO7+. The quantitative estimate of drug-likeness (QED) is 0.0287. The van der Waals surface area contributed by atoms with Crippen LogP contribution >= 0.6 is 0 Å². The summed E-state index contributed by atoms with van der Waals surface area (Å²) in [6, 6.07) is -0.620. The number of rotatable bonds is 39. The molecule has 8 heteroatoms. The molecule has 0 fully saturated rings. The summed E-state index contributed by atoms with van der Waals surface area (Å²) in [6.45, 7) is 4.56. The Morgan fingerprint density at radius 1 is 0.564 bits per heavy atom. The maximum atomic E-state index is 12.7. The number of ether oxygens (including phenoxy) is 3. The fourth-order valence-corrected chi connectivity index (χ4v) is 6.40. The van der Waals surface area contributed by atoms with E-state index in [4.69, 9.17) is 14.2 Å². The highest BCUT2D eigenvalue weighted by molar-refractivity contribution is 5.72. The van der Waals surface area contributed by atoms with Crippen LogP contribution in [0.1, 0.15) is 181 Å². The average Bonchev–Trinajstić information content (AvgIpc) is 3.14. The molecule has 0 spiro atoms. The molecule has 0 aliphatic heterocycles. The van der Waals surface area contributed by atoms with Crippen LogP contribution in [0.25, 0.3) is 0 Å². The third-order valence-electron chi connectivity index (χ3n) is 9.84. The molecule has 0 aliphatic rings. The highest BCUT2D eigenvalue weighted by atomic mass is 16.6. The number of carboxylic acids is 1. The van der Waals surface area contributed by atoms with Gasteiger partial charge in [-0.3, -0.25) is 9.59 Å². The second-order valence-corrected chi connectivity index (χ2v) is 16.0. The Balaban J connectivity index is 4.35. The van der Waals surface area contributed by atoms with E-state index in [2.05, 4.69) is 26.0 Å². The largest absolute Gasteiger partial charge is 0.477 e. The molecule has 8 nitrogen and oxygen atoms in total. The summed E-state index contributed by atoms with van der Waals surface area (Å²) in [5.74, 6) is -1.51. The van der Waals surface area contributed by atoms with Gasteiger partial charge in [0.05, 0.1) is 34.4 Å². The first kappa shape index (κ1) is 52.3. The van der Waals surface area contributed by atoms with Crippen LogP contribution in [0.4, 0.5) is 0 Å². The van der Waals surface area contributed by atoms with Crippen LogP contribution in [0.5, 0.6) is 0 Å². The summed E-state index contributed by atoms with van der Waals surface area (Å²) in [5.41, 5.74) is 0. The lowest BCUT2D eigenvalue weighted by Gasteiger charge is -2.31. The number of likely N-dealkylation sites (N-methyl/N-ethyl adjacent to an activating group) is 1. The lowest BCUT2D eigenvalue weighted by atomic mass is 10.0. The Morgan fingerprint density at radius 2 is 1.02 bits per heavy atom. The predicted octanol–water partition coefficient (Wildman–Crippen LogP) is 12.0. The van der Waals surface area contributed by atoms with Crippen molar-refractivity contribution in [1.29, 1.82) is 0 Å². The van der Waals surface area contributed by atoms with E-state index in [9.17, 15) is 19.5 Å². The maximum absolute atomic E-state index is 12.7. The molecule has 0 rings (SSSR count). The summed E-state index contributed by atoms with van der Waals surface area (Å²) >= 11 is 0. The molecule has 318 valence electrons. The minimum absolute atomic E-state index is 0.0492.